The molecule has 0 heterocycles. The molecular weight excluding hydrogens is 354 g/mol. The molecule has 0 saturated heterocycles. The summed E-state index contributed by atoms with van der Waals surface area (Å²) in [5.41, 5.74) is 0.613. The number of hydrogen-bond donors (Lipinski definition) is 1. The van der Waals surface area contributed by atoms with Gasteiger partial charge in [0.2, 0.25) is 0 Å². The largest absolute Gasteiger partial charge is 0.497 e. The molecule has 0 aliphatic carbocycles. The minimum absolute atomic E-state index is 0.128. The van der Waals surface area contributed by atoms with E-state index in [1.165, 1.54) is 11.8 Å². The Morgan fingerprint density at radius 2 is 1.65 bits per heavy atom. The van der Waals surface area contributed by atoms with E-state index in [0.29, 0.717) is 12.3 Å². The van der Waals surface area contributed by atoms with Gasteiger partial charge in [0.1, 0.15) is 11.5 Å². The molecule has 0 aromatic heterocycles. The minimum atomic E-state index is -0.451. The average molecular weight is 375 g/mol. The van der Waals surface area contributed by atoms with Gasteiger partial charge in [-0.2, -0.15) is 0 Å². The maximum atomic E-state index is 11.8. The van der Waals surface area contributed by atoms with Crippen LogP contribution in [0.15, 0.2) is 53.4 Å². The predicted octanol–water partition coefficient (Wildman–Crippen LogP) is 3.37. The fraction of sp³-hybridized carbons (Fsp3) is 0.263. The van der Waals surface area contributed by atoms with E-state index in [1.54, 1.807) is 31.4 Å². The Labute approximate surface area is 156 Å². The van der Waals surface area contributed by atoms with Crippen LogP contribution in [0.1, 0.15) is 6.92 Å². The molecule has 6 nitrogen and oxygen atoms in total. The van der Waals surface area contributed by atoms with Crippen LogP contribution in [0.2, 0.25) is 0 Å². The van der Waals surface area contributed by atoms with Crippen molar-refractivity contribution in [3.63, 3.8) is 0 Å². The highest BCUT2D eigenvalue weighted by atomic mass is 32.2. The zero-order chi connectivity index (χ0) is 18.8. The van der Waals surface area contributed by atoms with Crippen molar-refractivity contribution in [1.82, 2.24) is 0 Å². The molecule has 2 aromatic carbocycles. The number of benzene rings is 2. The number of anilines is 1. The van der Waals surface area contributed by atoms with E-state index in [-0.39, 0.29) is 12.4 Å². The van der Waals surface area contributed by atoms with E-state index in [2.05, 4.69) is 5.32 Å². The number of methoxy groups -OCH3 is 1. The summed E-state index contributed by atoms with van der Waals surface area (Å²) in [6, 6.07) is 14.3. The molecular formula is C19H21NO5S. The van der Waals surface area contributed by atoms with Gasteiger partial charge in [-0.1, -0.05) is 0 Å². The Hall–Kier alpha value is -2.67. The zero-order valence-corrected chi connectivity index (χ0v) is 15.5. The standard InChI is InChI=1S/C19H21NO5S/c1-3-24-16-6-4-14(5-7-16)20-18(21)12-25-19(22)13-26-17-10-8-15(23-2)9-11-17/h4-11H,3,12-13H2,1-2H3,(H,20,21). The van der Waals surface area contributed by atoms with Gasteiger partial charge >= 0.3 is 5.97 Å². The van der Waals surface area contributed by atoms with Crippen molar-refractivity contribution in [1.29, 1.82) is 0 Å². The van der Waals surface area contributed by atoms with E-state index in [0.717, 1.165) is 16.4 Å². The normalized spacial score (nSPS) is 10.1. The van der Waals surface area contributed by atoms with Crippen molar-refractivity contribution < 1.29 is 23.8 Å². The Balaban J connectivity index is 1.69. The first-order valence-corrected chi connectivity index (χ1v) is 9.04. The smallest absolute Gasteiger partial charge is 0.316 e. The van der Waals surface area contributed by atoms with E-state index < -0.39 is 11.9 Å². The highest BCUT2D eigenvalue weighted by molar-refractivity contribution is 8.00. The highest BCUT2D eigenvalue weighted by Crippen LogP contribution is 2.21. The molecule has 26 heavy (non-hydrogen) atoms. The fourth-order valence-electron chi connectivity index (χ4n) is 2.00. The lowest BCUT2D eigenvalue weighted by Gasteiger charge is -2.08. The lowest BCUT2D eigenvalue weighted by Crippen LogP contribution is -2.21. The van der Waals surface area contributed by atoms with Crippen LogP contribution in [0.5, 0.6) is 11.5 Å². The molecule has 1 N–H and O–H groups in total. The molecule has 7 heteroatoms. The molecule has 2 aromatic rings. The van der Waals surface area contributed by atoms with Crippen molar-refractivity contribution in [2.24, 2.45) is 0 Å². The fourth-order valence-corrected chi connectivity index (χ4v) is 2.70. The molecule has 0 atom stereocenters. The molecule has 0 radical (unpaired) electrons. The first kappa shape index (κ1) is 19.7. The Morgan fingerprint density at radius 1 is 1.00 bits per heavy atom. The van der Waals surface area contributed by atoms with Crippen molar-refractivity contribution in [3.05, 3.63) is 48.5 Å². The zero-order valence-electron chi connectivity index (χ0n) is 14.7. The van der Waals surface area contributed by atoms with Crippen LogP contribution in [0, 0.1) is 0 Å². The Bertz CT molecular complexity index is 716. The molecule has 0 saturated carbocycles. The topological polar surface area (TPSA) is 73.9 Å². The highest BCUT2D eigenvalue weighted by Gasteiger charge is 2.09. The van der Waals surface area contributed by atoms with Gasteiger partial charge in [0, 0.05) is 10.6 Å². The van der Waals surface area contributed by atoms with Crippen LogP contribution in [0.25, 0.3) is 0 Å². The summed E-state index contributed by atoms with van der Waals surface area (Å²) in [5.74, 6) is 0.767. The Morgan fingerprint density at radius 3 is 2.27 bits per heavy atom. The summed E-state index contributed by atoms with van der Waals surface area (Å²) in [6.45, 7) is 2.16. The van der Waals surface area contributed by atoms with Crippen molar-refractivity contribution >= 4 is 29.3 Å². The summed E-state index contributed by atoms with van der Waals surface area (Å²) in [7, 11) is 1.60. The molecule has 2 rings (SSSR count). The van der Waals surface area contributed by atoms with Crippen LogP contribution in [0.3, 0.4) is 0 Å². The van der Waals surface area contributed by atoms with Gasteiger partial charge in [-0.25, -0.2) is 0 Å². The van der Waals surface area contributed by atoms with Gasteiger partial charge in [0.15, 0.2) is 6.61 Å². The molecule has 0 aliphatic heterocycles. The SMILES string of the molecule is CCOc1ccc(NC(=O)COC(=O)CSc2ccc(OC)cc2)cc1. The number of ether oxygens (including phenoxy) is 3. The van der Waals surface area contributed by atoms with Gasteiger partial charge in [-0.3, -0.25) is 9.59 Å². The van der Waals surface area contributed by atoms with E-state index in [4.69, 9.17) is 14.2 Å². The number of carbonyl (C=O) groups excluding carboxylic acids is 2. The molecule has 0 unspecified atom stereocenters. The first-order valence-electron chi connectivity index (χ1n) is 8.06. The number of nitrogens with one attached hydrogen (secondary N) is 1. The quantitative estimate of drug-likeness (QED) is 0.535. The van der Waals surface area contributed by atoms with Crippen molar-refractivity contribution in [2.45, 2.75) is 11.8 Å². The molecule has 0 spiro atoms. The lowest BCUT2D eigenvalue weighted by atomic mass is 10.3. The summed E-state index contributed by atoms with van der Waals surface area (Å²) in [5, 5.41) is 2.66. The number of carbonyl (C=O) groups is 2. The number of amides is 1. The van der Waals surface area contributed by atoms with Crippen LogP contribution in [-0.4, -0.2) is 38.0 Å². The van der Waals surface area contributed by atoms with E-state index in [9.17, 15) is 9.59 Å². The number of esters is 1. The third-order valence-electron chi connectivity index (χ3n) is 3.23. The van der Waals surface area contributed by atoms with E-state index in [1.807, 2.05) is 31.2 Å². The Kier molecular flexibility index (Phi) is 7.82. The summed E-state index contributed by atoms with van der Waals surface area (Å²) in [4.78, 5) is 24.5. The summed E-state index contributed by atoms with van der Waals surface area (Å²) < 4.78 is 15.4. The third-order valence-corrected chi connectivity index (χ3v) is 4.21. The van der Waals surface area contributed by atoms with Crippen molar-refractivity contribution in [3.8, 4) is 11.5 Å². The van der Waals surface area contributed by atoms with Crippen LogP contribution in [-0.2, 0) is 14.3 Å². The number of rotatable bonds is 9. The summed E-state index contributed by atoms with van der Waals surface area (Å²) >= 11 is 1.33. The molecule has 0 fully saturated rings. The molecule has 0 aliphatic rings. The molecule has 138 valence electrons. The van der Waals surface area contributed by atoms with Gasteiger partial charge in [0.25, 0.3) is 5.91 Å². The van der Waals surface area contributed by atoms with E-state index >= 15 is 0 Å². The third kappa shape index (κ3) is 6.68. The maximum absolute atomic E-state index is 11.8. The second-order valence-electron chi connectivity index (χ2n) is 5.13. The maximum Gasteiger partial charge on any atom is 0.316 e. The van der Waals surface area contributed by atoms with Crippen molar-refractivity contribution in [2.75, 3.05) is 31.4 Å². The van der Waals surface area contributed by atoms with Gasteiger partial charge < -0.3 is 19.5 Å². The monoisotopic (exact) mass is 375 g/mol. The number of hydrogen-bond acceptors (Lipinski definition) is 6. The number of thioether (sulfide) groups is 1. The second-order valence-corrected chi connectivity index (χ2v) is 6.18. The minimum Gasteiger partial charge on any atom is -0.497 e. The van der Waals surface area contributed by atoms with Gasteiger partial charge in [0.05, 0.1) is 19.5 Å². The van der Waals surface area contributed by atoms with Gasteiger partial charge in [-0.15, -0.1) is 11.8 Å². The molecule has 1 amide bonds. The van der Waals surface area contributed by atoms with Crippen LogP contribution < -0.4 is 14.8 Å². The predicted molar refractivity (Wildman–Crippen MR) is 101 cm³/mol. The summed E-state index contributed by atoms with van der Waals surface area (Å²) in [6.07, 6.45) is 0. The second kappa shape index (κ2) is 10.4. The first-order chi connectivity index (χ1) is 12.6. The lowest BCUT2D eigenvalue weighted by molar-refractivity contribution is -0.144. The van der Waals surface area contributed by atoms with Crippen LogP contribution in [0.4, 0.5) is 5.69 Å². The van der Waals surface area contributed by atoms with Gasteiger partial charge in [-0.05, 0) is 55.5 Å². The molecule has 0 bridgehead atoms. The average Bonchev–Trinajstić information content (AvgIpc) is 2.67. The van der Waals surface area contributed by atoms with Crippen LogP contribution >= 0.6 is 11.8 Å².